The van der Waals surface area contributed by atoms with E-state index in [0.29, 0.717) is 48.3 Å². The van der Waals surface area contributed by atoms with E-state index in [1.54, 1.807) is 15.5 Å². The monoisotopic (exact) mass is 653 g/mol. The van der Waals surface area contributed by atoms with Crippen molar-refractivity contribution in [3.8, 4) is 16.9 Å². The van der Waals surface area contributed by atoms with Crippen LogP contribution >= 0.6 is 11.6 Å². The Morgan fingerprint density at radius 1 is 1.11 bits per heavy atom. The number of nitrogens with zero attached hydrogens (tertiary/aromatic N) is 5. The molecule has 7 rings (SSSR count). The Morgan fingerprint density at radius 3 is 2.59 bits per heavy atom. The summed E-state index contributed by atoms with van der Waals surface area (Å²) in [5, 5.41) is 0.799. The molecule has 244 valence electrons. The molecule has 3 aromatic rings. The van der Waals surface area contributed by atoms with Crippen molar-refractivity contribution in [3.63, 3.8) is 0 Å². The summed E-state index contributed by atoms with van der Waals surface area (Å²) in [5.41, 5.74) is 0.412. The van der Waals surface area contributed by atoms with Crippen LogP contribution in [0.2, 0.25) is 5.02 Å². The highest BCUT2D eigenvalue weighted by molar-refractivity contribution is 6.35. The normalized spacial score (nSPS) is 26.0. The minimum atomic E-state index is -0.781. The summed E-state index contributed by atoms with van der Waals surface area (Å²) in [5.74, 6) is -0.930. The molecule has 3 fully saturated rings. The average Bonchev–Trinajstić information content (AvgIpc) is 3.24. The number of carbonyl (C=O) groups excluding carboxylic acids is 1. The third-order valence-electron chi connectivity index (χ3n) is 10.1. The molecule has 1 amide bonds. The molecular formula is C34H38ClF2N5O4. The van der Waals surface area contributed by atoms with Crippen LogP contribution in [-0.2, 0) is 9.53 Å². The topological polar surface area (TPSA) is 80.1 Å². The fourth-order valence-electron chi connectivity index (χ4n) is 7.87. The predicted molar refractivity (Wildman–Crippen MR) is 173 cm³/mol. The van der Waals surface area contributed by atoms with Gasteiger partial charge < -0.3 is 19.3 Å². The number of fused-ring (bicyclic) bond motifs is 2. The predicted octanol–water partition coefficient (Wildman–Crippen LogP) is 5.18. The highest BCUT2D eigenvalue weighted by Crippen LogP contribution is 2.48. The molecule has 4 aliphatic rings. The molecule has 9 nitrogen and oxygen atoms in total. The Balaban J connectivity index is 1.31. The van der Waals surface area contributed by atoms with Gasteiger partial charge in [-0.3, -0.25) is 14.3 Å². The molecule has 4 aliphatic heterocycles. The van der Waals surface area contributed by atoms with Gasteiger partial charge in [-0.25, -0.2) is 13.6 Å². The lowest BCUT2D eigenvalue weighted by atomic mass is 9.98. The second-order valence-electron chi connectivity index (χ2n) is 13.0. The highest BCUT2D eigenvalue weighted by Gasteiger charge is 2.38. The van der Waals surface area contributed by atoms with Gasteiger partial charge in [0.2, 0.25) is 5.91 Å². The summed E-state index contributed by atoms with van der Waals surface area (Å²) in [4.78, 5) is 37.5. The molecule has 1 aromatic heterocycles. The number of ether oxygens (including phenoxy) is 2. The number of aromatic nitrogens is 2. The third kappa shape index (κ3) is 5.26. The Morgan fingerprint density at radius 2 is 1.87 bits per heavy atom. The van der Waals surface area contributed by atoms with Crippen molar-refractivity contribution in [1.82, 2.24) is 19.4 Å². The number of halogens is 3. The van der Waals surface area contributed by atoms with Gasteiger partial charge in [-0.1, -0.05) is 18.2 Å². The van der Waals surface area contributed by atoms with Crippen molar-refractivity contribution in [2.24, 2.45) is 0 Å². The summed E-state index contributed by atoms with van der Waals surface area (Å²) >= 11 is 6.89. The number of hydrogen-bond donors (Lipinski definition) is 0. The second kappa shape index (κ2) is 12.2. The van der Waals surface area contributed by atoms with E-state index in [9.17, 15) is 14.0 Å². The van der Waals surface area contributed by atoms with Gasteiger partial charge in [0.15, 0.2) is 5.75 Å². The first kappa shape index (κ1) is 31.1. The molecule has 2 bridgehead atoms. The van der Waals surface area contributed by atoms with Gasteiger partial charge in [0, 0.05) is 59.8 Å². The van der Waals surface area contributed by atoms with E-state index in [0.717, 1.165) is 45.1 Å². The Kier molecular flexibility index (Phi) is 8.27. The number of piperazine rings is 1. The molecule has 2 unspecified atom stereocenters. The minimum Gasteiger partial charge on any atom is -0.488 e. The van der Waals surface area contributed by atoms with E-state index in [4.69, 9.17) is 21.1 Å². The van der Waals surface area contributed by atoms with Crippen molar-refractivity contribution >= 4 is 34.2 Å². The van der Waals surface area contributed by atoms with E-state index in [1.807, 2.05) is 18.7 Å². The van der Waals surface area contributed by atoms with Gasteiger partial charge in [0.05, 0.1) is 29.8 Å². The number of rotatable bonds is 7. The van der Waals surface area contributed by atoms with E-state index in [-0.39, 0.29) is 52.5 Å². The summed E-state index contributed by atoms with van der Waals surface area (Å²) in [6.45, 7) is 11.0. The first-order valence-electron chi connectivity index (χ1n) is 16.1. The van der Waals surface area contributed by atoms with Gasteiger partial charge in [-0.05, 0) is 70.4 Å². The van der Waals surface area contributed by atoms with Crippen molar-refractivity contribution in [1.29, 1.82) is 0 Å². The van der Waals surface area contributed by atoms with Crippen LogP contribution in [0.4, 0.5) is 14.6 Å². The van der Waals surface area contributed by atoms with Crippen molar-refractivity contribution in [2.45, 2.75) is 69.7 Å². The standard InChI is InChI=1S/C34H38ClF2N5O4/c1-4-29(43)40-14-20(3)41(15-19(40)2)33-26-13-27(35)30(25-10-7-21(36)12-28(25)37)32-31(26)42(34(44)38-33)24(18-46-32)6-5-11-39-22-8-9-23(39)17-45-16-22/h4,7,10,12-13,19-20,22-24H,1,5-6,8-9,11,14-18H2,2-3H3/t19-,20+,22?,23?,24-/m1/s1. The number of benzene rings is 2. The Labute approximate surface area is 271 Å². The Hall–Kier alpha value is -3.54. The number of morpholine rings is 1. The first-order valence-corrected chi connectivity index (χ1v) is 16.4. The van der Waals surface area contributed by atoms with Crippen LogP contribution in [-0.4, -0.2) is 88.9 Å². The van der Waals surface area contributed by atoms with E-state index < -0.39 is 17.3 Å². The lowest BCUT2D eigenvalue weighted by molar-refractivity contribution is -0.128. The van der Waals surface area contributed by atoms with Crippen LogP contribution in [0.25, 0.3) is 22.0 Å². The van der Waals surface area contributed by atoms with Gasteiger partial charge in [0.1, 0.15) is 24.1 Å². The van der Waals surface area contributed by atoms with Crippen LogP contribution in [0.15, 0.2) is 41.7 Å². The zero-order valence-electron chi connectivity index (χ0n) is 26.1. The molecule has 5 atom stereocenters. The molecule has 46 heavy (non-hydrogen) atoms. The zero-order valence-corrected chi connectivity index (χ0v) is 26.8. The average molecular weight is 654 g/mol. The third-order valence-corrected chi connectivity index (χ3v) is 10.4. The largest absolute Gasteiger partial charge is 0.488 e. The molecular weight excluding hydrogens is 616 g/mol. The summed E-state index contributed by atoms with van der Waals surface area (Å²) in [7, 11) is 0. The molecule has 3 saturated heterocycles. The maximum atomic E-state index is 15.2. The molecule has 2 aromatic carbocycles. The smallest absolute Gasteiger partial charge is 0.350 e. The quantitative estimate of drug-likeness (QED) is 0.325. The number of amides is 1. The molecule has 0 radical (unpaired) electrons. The SMILES string of the molecule is C=CC(=O)N1C[C@H](C)N(c2nc(=O)n3c4c(c(-c5ccc(F)cc5F)c(Cl)cc24)OC[C@H]3CCCN2C3CCC2COC3)C[C@H]1C. The lowest BCUT2D eigenvalue weighted by Crippen LogP contribution is -2.58. The van der Waals surface area contributed by atoms with Gasteiger partial charge in [0.25, 0.3) is 0 Å². The summed E-state index contributed by atoms with van der Waals surface area (Å²) < 4.78 is 43.0. The van der Waals surface area contributed by atoms with Crippen LogP contribution in [0.5, 0.6) is 5.75 Å². The lowest BCUT2D eigenvalue weighted by Gasteiger charge is -2.45. The first-order chi connectivity index (χ1) is 22.2. The van der Waals surface area contributed by atoms with Crippen molar-refractivity contribution in [3.05, 3.63) is 64.1 Å². The van der Waals surface area contributed by atoms with Gasteiger partial charge >= 0.3 is 5.69 Å². The van der Waals surface area contributed by atoms with Crippen LogP contribution in [0, 0.1) is 11.6 Å². The second-order valence-corrected chi connectivity index (χ2v) is 13.4. The molecule has 0 aliphatic carbocycles. The van der Waals surface area contributed by atoms with Crippen LogP contribution < -0.4 is 15.3 Å². The van der Waals surface area contributed by atoms with Crippen molar-refractivity contribution in [2.75, 3.05) is 44.4 Å². The van der Waals surface area contributed by atoms with Gasteiger partial charge in [-0.15, -0.1) is 0 Å². The molecule has 12 heteroatoms. The maximum absolute atomic E-state index is 15.2. The number of anilines is 1. The number of carbonyl (C=O) groups is 1. The fraction of sp³-hybridized carbons (Fsp3) is 0.500. The van der Waals surface area contributed by atoms with Crippen LogP contribution in [0.3, 0.4) is 0 Å². The van der Waals surface area contributed by atoms with E-state index >= 15 is 4.39 Å². The molecule has 0 saturated carbocycles. The van der Waals surface area contributed by atoms with E-state index in [2.05, 4.69) is 16.5 Å². The molecule has 5 heterocycles. The minimum absolute atomic E-state index is 0.0837. The number of hydrogen-bond acceptors (Lipinski definition) is 7. The van der Waals surface area contributed by atoms with E-state index in [1.165, 1.54) is 18.2 Å². The summed E-state index contributed by atoms with van der Waals surface area (Å²) in [6, 6.07) is 5.27. The van der Waals surface area contributed by atoms with Crippen molar-refractivity contribution < 1.29 is 23.0 Å². The van der Waals surface area contributed by atoms with Crippen LogP contribution in [0.1, 0.15) is 45.6 Å². The maximum Gasteiger partial charge on any atom is 0.350 e. The van der Waals surface area contributed by atoms with Gasteiger partial charge in [-0.2, -0.15) is 4.98 Å². The fourth-order valence-corrected chi connectivity index (χ4v) is 8.16. The molecule has 0 N–H and O–H groups in total. The zero-order chi connectivity index (χ0) is 32.3. The highest BCUT2D eigenvalue weighted by atomic mass is 35.5. The Bertz CT molecular complexity index is 1750. The molecule has 0 spiro atoms. The summed E-state index contributed by atoms with van der Waals surface area (Å²) in [6.07, 6.45) is 5.14.